The summed E-state index contributed by atoms with van der Waals surface area (Å²) in [6, 6.07) is 21.9. The Morgan fingerprint density at radius 1 is 1.03 bits per heavy atom. The predicted octanol–water partition coefficient (Wildman–Crippen LogP) is 5.09. The van der Waals surface area contributed by atoms with Crippen LogP contribution in [0, 0.1) is 6.92 Å². The average Bonchev–Trinajstić information content (AvgIpc) is 2.79. The normalized spacial score (nSPS) is 16.5. The number of carbonyl (C=O) groups excluding carboxylic acids is 1. The zero-order valence-corrected chi connectivity index (χ0v) is 17.0. The number of piperidine rings is 1. The molecule has 1 aromatic heterocycles. The fourth-order valence-corrected chi connectivity index (χ4v) is 4.02. The van der Waals surface area contributed by atoms with Crippen molar-refractivity contribution < 1.29 is 9.53 Å². The number of hydrogen-bond donors (Lipinski definition) is 0. The van der Waals surface area contributed by atoms with Crippen LogP contribution in [0.15, 0.2) is 66.7 Å². The van der Waals surface area contributed by atoms with Gasteiger partial charge in [-0.05, 0) is 67.3 Å². The van der Waals surface area contributed by atoms with E-state index in [1.165, 1.54) is 0 Å². The van der Waals surface area contributed by atoms with Gasteiger partial charge in [-0.3, -0.25) is 9.78 Å². The summed E-state index contributed by atoms with van der Waals surface area (Å²) in [5.74, 6) is 1.22. The number of likely N-dealkylation sites (tertiary alicyclic amines) is 1. The van der Waals surface area contributed by atoms with Crippen molar-refractivity contribution in [2.24, 2.45) is 0 Å². The molecule has 29 heavy (non-hydrogen) atoms. The van der Waals surface area contributed by atoms with E-state index in [-0.39, 0.29) is 11.8 Å². The van der Waals surface area contributed by atoms with Crippen molar-refractivity contribution in [3.05, 3.63) is 83.7 Å². The smallest absolute Gasteiger partial charge is 0.253 e. The van der Waals surface area contributed by atoms with Gasteiger partial charge in [-0.1, -0.05) is 30.3 Å². The molecule has 1 atom stereocenters. The minimum atomic E-state index is 0.110. The lowest BCUT2D eigenvalue weighted by Crippen LogP contribution is -2.39. The van der Waals surface area contributed by atoms with E-state index < -0.39 is 0 Å². The Kier molecular flexibility index (Phi) is 5.61. The summed E-state index contributed by atoms with van der Waals surface area (Å²) in [5, 5.41) is 0. The van der Waals surface area contributed by atoms with E-state index in [2.05, 4.69) is 24.3 Å². The molecule has 1 aliphatic heterocycles. The van der Waals surface area contributed by atoms with Gasteiger partial charge in [0.2, 0.25) is 0 Å². The predicted molar refractivity (Wildman–Crippen MR) is 115 cm³/mol. The van der Waals surface area contributed by atoms with Gasteiger partial charge in [-0.2, -0.15) is 0 Å². The highest BCUT2D eigenvalue weighted by atomic mass is 16.5. The van der Waals surface area contributed by atoms with E-state index in [4.69, 9.17) is 9.72 Å². The van der Waals surface area contributed by atoms with E-state index >= 15 is 0 Å². The number of carbonyl (C=O) groups is 1. The minimum absolute atomic E-state index is 0.110. The number of methoxy groups -OCH3 is 1. The van der Waals surface area contributed by atoms with Crippen LogP contribution < -0.4 is 4.74 Å². The summed E-state index contributed by atoms with van der Waals surface area (Å²) in [4.78, 5) is 19.7. The Morgan fingerprint density at radius 2 is 1.79 bits per heavy atom. The number of benzene rings is 2. The summed E-state index contributed by atoms with van der Waals surface area (Å²) in [6.45, 7) is 3.56. The first-order chi connectivity index (χ1) is 14.1. The molecule has 0 bridgehead atoms. The van der Waals surface area contributed by atoms with Crippen LogP contribution in [-0.4, -0.2) is 36.0 Å². The summed E-state index contributed by atoms with van der Waals surface area (Å²) in [5.41, 5.74) is 5.12. The molecule has 4 nitrogen and oxygen atoms in total. The fourth-order valence-electron chi connectivity index (χ4n) is 4.02. The molecule has 1 saturated heterocycles. The van der Waals surface area contributed by atoms with Crippen molar-refractivity contribution in [3.8, 4) is 16.9 Å². The van der Waals surface area contributed by atoms with Crippen LogP contribution in [0.1, 0.15) is 40.5 Å². The van der Waals surface area contributed by atoms with Crippen molar-refractivity contribution >= 4 is 5.91 Å². The highest BCUT2D eigenvalue weighted by Gasteiger charge is 2.26. The Bertz CT molecular complexity index is 983. The molecule has 148 valence electrons. The van der Waals surface area contributed by atoms with Gasteiger partial charge in [0.05, 0.1) is 7.11 Å². The van der Waals surface area contributed by atoms with Crippen LogP contribution in [-0.2, 0) is 0 Å². The van der Waals surface area contributed by atoms with Crippen molar-refractivity contribution in [2.75, 3.05) is 20.2 Å². The van der Waals surface area contributed by atoms with Gasteiger partial charge in [-0.25, -0.2) is 0 Å². The largest absolute Gasteiger partial charge is 0.497 e. The first kappa shape index (κ1) is 19.2. The maximum Gasteiger partial charge on any atom is 0.253 e. The third kappa shape index (κ3) is 4.32. The third-order valence-corrected chi connectivity index (χ3v) is 5.54. The van der Waals surface area contributed by atoms with Crippen LogP contribution >= 0.6 is 0 Å². The molecule has 1 unspecified atom stereocenters. The maximum absolute atomic E-state index is 12.9. The number of amides is 1. The van der Waals surface area contributed by atoms with Crippen molar-refractivity contribution in [1.82, 2.24) is 9.88 Å². The van der Waals surface area contributed by atoms with Crippen LogP contribution in [0.4, 0.5) is 0 Å². The third-order valence-electron chi connectivity index (χ3n) is 5.54. The molecule has 1 amide bonds. The summed E-state index contributed by atoms with van der Waals surface area (Å²) >= 11 is 0. The first-order valence-corrected chi connectivity index (χ1v) is 10.1. The number of aromatic nitrogens is 1. The lowest BCUT2D eigenvalue weighted by atomic mass is 9.92. The van der Waals surface area contributed by atoms with E-state index in [0.29, 0.717) is 6.54 Å². The Labute approximate surface area is 172 Å². The highest BCUT2D eigenvalue weighted by molar-refractivity contribution is 5.94. The molecule has 2 aromatic carbocycles. The molecule has 3 aromatic rings. The van der Waals surface area contributed by atoms with Gasteiger partial charge < -0.3 is 9.64 Å². The number of ether oxygens (including phenoxy) is 1. The van der Waals surface area contributed by atoms with Gasteiger partial charge in [0, 0.05) is 36.0 Å². The van der Waals surface area contributed by atoms with Crippen molar-refractivity contribution in [2.45, 2.75) is 25.7 Å². The minimum Gasteiger partial charge on any atom is -0.497 e. The zero-order chi connectivity index (χ0) is 20.2. The van der Waals surface area contributed by atoms with Gasteiger partial charge in [0.15, 0.2) is 0 Å². The van der Waals surface area contributed by atoms with Gasteiger partial charge in [0.1, 0.15) is 5.75 Å². The van der Waals surface area contributed by atoms with Crippen LogP contribution in [0.25, 0.3) is 11.1 Å². The molecule has 1 aliphatic rings. The van der Waals surface area contributed by atoms with Gasteiger partial charge >= 0.3 is 0 Å². The second kappa shape index (κ2) is 8.48. The molecule has 2 heterocycles. The molecular formula is C25H26N2O2. The number of nitrogens with zero attached hydrogens (tertiary/aromatic N) is 2. The monoisotopic (exact) mass is 386 g/mol. The summed E-state index contributed by atoms with van der Waals surface area (Å²) < 4.78 is 5.27. The van der Waals surface area contributed by atoms with E-state index in [9.17, 15) is 4.79 Å². The van der Waals surface area contributed by atoms with E-state index in [1.807, 2.05) is 54.3 Å². The van der Waals surface area contributed by atoms with Gasteiger partial charge in [-0.15, -0.1) is 0 Å². The molecule has 0 spiro atoms. The number of pyridine rings is 1. The number of aryl methyl sites for hydroxylation is 1. The lowest BCUT2D eigenvalue weighted by molar-refractivity contribution is 0.0706. The van der Waals surface area contributed by atoms with Crippen LogP contribution in [0.3, 0.4) is 0 Å². The lowest BCUT2D eigenvalue weighted by Gasteiger charge is -2.33. The van der Waals surface area contributed by atoms with Crippen LogP contribution in [0.2, 0.25) is 0 Å². The zero-order valence-electron chi connectivity index (χ0n) is 17.0. The van der Waals surface area contributed by atoms with E-state index in [1.54, 1.807) is 7.11 Å². The molecular weight excluding hydrogens is 360 g/mol. The van der Waals surface area contributed by atoms with Crippen LogP contribution in [0.5, 0.6) is 5.75 Å². The Hall–Kier alpha value is -3.14. The number of hydrogen-bond acceptors (Lipinski definition) is 3. The first-order valence-electron chi connectivity index (χ1n) is 10.1. The summed E-state index contributed by atoms with van der Waals surface area (Å²) in [6.07, 6.45) is 2.05. The molecule has 1 fully saturated rings. The molecule has 4 heteroatoms. The maximum atomic E-state index is 12.9. The quantitative estimate of drug-likeness (QED) is 0.627. The van der Waals surface area contributed by atoms with Gasteiger partial charge in [0.25, 0.3) is 5.91 Å². The molecule has 0 aliphatic carbocycles. The Morgan fingerprint density at radius 3 is 2.52 bits per heavy atom. The van der Waals surface area contributed by atoms with Crippen molar-refractivity contribution in [1.29, 1.82) is 0 Å². The average molecular weight is 386 g/mol. The topological polar surface area (TPSA) is 42.4 Å². The number of rotatable bonds is 4. The second-order valence-corrected chi connectivity index (χ2v) is 7.61. The Balaban J connectivity index is 1.57. The van der Waals surface area contributed by atoms with Crippen molar-refractivity contribution in [3.63, 3.8) is 0 Å². The second-order valence-electron chi connectivity index (χ2n) is 7.61. The van der Waals surface area contributed by atoms with E-state index in [0.717, 1.165) is 53.2 Å². The standard InChI is InChI=1S/C25H26N2O2/c1-18-15-22(19-10-12-23(29-2)13-11-19)16-24(26-18)21-9-6-14-27(17-21)25(28)20-7-4-3-5-8-20/h3-5,7-8,10-13,15-16,21H,6,9,14,17H2,1-2H3. The molecule has 0 N–H and O–H groups in total. The summed E-state index contributed by atoms with van der Waals surface area (Å²) in [7, 11) is 1.68. The SMILES string of the molecule is COc1ccc(-c2cc(C)nc(C3CCCN(C(=O)c4ccccc4)C3)c2)cc1. The fraction of sp³-hybridized carbons (Fsp3) is 0.280. The molecule has 4 rings (SSSR count). The molecule has 0 radical (unpaired) electrons. The highest BCUT2D eigenvalue weighted by Crippen LogP contribution is 2.30. The molecule has 0 saturated carbocycles.